The summed E-state index contributed by atoms with van der Waals surface area (Å²) in [6, 6.07) is 4.11. The number of carbonyl (C=O) groups excluding carboxylic acids is 1. The van der Waals surface area contributed by atoms with Gasteiger partial charge in [-0.25, -0.2) is 4.79 Å². The zero-order chi connectivity index (χ0) is 22.6. The summed E-state index contributed by atoms with van der Waals surface area (Å²) in [6.07, 6.45) is 2.17. The highest BCUT2D eigenvalue weighted by molar-refractivity contribution is 14.0. The van der Waals surface area contributed by atoms with E-state index in [-0.39, 0.29) is 36.1 Å². The molecule has 2 N–H and O–H groups in total. The van der Waals surface area contributed by atoms with Gasteiger partial charge in [0, 0.05) is 37.8 Å². The molecule has 1 aliphatic rings. The van der Waals surface area contributed by atoms with Gasteiger partial charge in [-0.05, 0) is 39.2 Å². The fourth-order valence-electron chi connectivity index (χ4n) is 3.58. The Balaban J connectivity index is 0.00000512. The number of halogens is 1. The fraction of sp³-hybridized carbons (Fsp3) is 0.636. The second kappa shape index (κ2) is 14.9. The van der Waals surface area contributed by atoms with Crippen LogP contribution in [-0.4, -0.2) is 77.1 Å². The van der Waals surface area contributed by atoms with E-state index in [4.69, 9.17) is 23.9 Å². The van der Waals surface area contributed by atoms with E-state index < -0.39 is 0 Å². The molecule has 32 heavy (non-hydrogen) atoms. The van der Waals surface area contributed by atoms with Gasteiger partial charge in [0.25, 0.3) is 0 Å². The molecule has 0 atom stereocenters. The molecule has 0 spiro atoms. The molecule has 10 heteroatoms. The Morgan fingerprint density at radius 1 is 1.09 bits per heavy atom. The van der Waals surface area contributed by atoms with E-state index in [0.717, 1.165) is 30.9 Å². The van der Waals surface area contributed by atoms with E-state index in [1.807, 2.05) is 26.0 Å². The first-order valence-electron chi connectivity index (χ1n) is 10.8. The average molecular weight is 564 g/mol. The molecular formula is C22H37IN4O5. The van der Waals surface area contributed by atoms with E-state index in [2.05, 4.69) is 10.6 Å². The number of rotatable bonds is 9. The third-order valence-electron chi connectivity index (χ3n) is 5.14. The number of ether oxygens (including phenoxy) is 4. The van der Waals surface area contributed by atoms with Gasteiger partial charge in [-0.1, -0.05) is 6.07 Å². The zero-order valence-electron chi connectivity index (χ0n) is 19.7. The molecule has 9 nitrogen and oxygen atoms in total. The summed E-state index contributed by atoms with van der Waals surface area (Å²) in [4.78, 5) is 18.3. The van der Waals surface area contributed by atoms with Gasteiger partial charge in [-0.2, -0.15) is 0 Å². The van der Waals surface area contributed by atoms with Gasteiger partial charge in [0.2, 0.25) is 5.75 Å². The van der Waals surface area contributed by atoms with Gasteiger partial charge in [-0.15, -0.1) is 24.0 Å². The number of nitrogens with zero attached hydrogens (tertiary/aromatic N) is 2. The minimum absolute atomic E-state index is 0. The summed E-state index contributed by atoms with van der Waals surface area (Å²) >= 11 is 0. The molecule has 0 aromatic heterocycles. The van der Waals surface area contributed by atoms with E-state index in [1.54, 1.807) is 26.2 Å². The molecule has 2 rings (SSSR count). The average Bonchev–Trinajstić information content (AvgIpc) is 2.79. The summed E-state index contributed by atoms with van der Waals surface area (Å²) in [5.41, 5.74) is 1.00. The molecule has 1 aromatic carbocycles. The van der Waals surface area contributed by atoms with Crippen LogP contribution in [0.15, 0.2) is 17.1 Å². The number of aliphatic imine (C=N–C) groups is 1. The number of hydrogen-bond donors (Lipinski definition) is 2. The van der Waals surface area contributed by atoms with E-state index in [0.29, 0.717) is 49.9 Å². The maximum atomic E-state index is 11.9. The third-order valence-corrected chi connectivity index (χ3v) is 5.14. The third kappa shape index (κ3) is 7.79. The molecule has 1 aromatic rings. The molecule has 1 heterocycles. The minimum Gasteiger partial charge on any atom is -0.493 e. The van der Waals surface area contributed by atoms with Crippen LogP contribution >= 0.6 is 24.0 Å². The smallest absolute Gasteiger partial charge is 0.409 e. The highest BCUT2D eigenvalue weighted by atomic mass is 127. The monoisotopic (exact) mass is 564 g/mol. The largest absolute Gasteiger partial charge is 0.493 e. The number of hydrogen-bond acceptors (Lipinski definition) is 6. The van der Waals surface area contributed by atoms with Crippen molar-refractivity contribution in [3.05, 3.63) is 17.7 Å². The summed E-state index contributed by atoms with van der Waals surface area (Å²) in [5.74, 6) is 2.67. The van der Waals surface area contributed by atoms with Crippen molar-refractivity contribution in [2.45, 2.75) is 39.2 Å². The lowest BCUT2D eigenvalue weighted by Crippen LogP contribution is -2.50. The Hall–Kier alpha value is -2.11. The predicted octanol–water partition coefficient (Wildman–Crippen LogP) is 3.05. The van der Waals surface area contributed by atoms with Crippen molar-refractivity contribution in [2.75, 3.05) is 54.1 Å². The number of amides is 1. The number of likely N-dealkylation sites (tertiary alicyclic amines) is 1. The quantitative estimate of drug-likeness (QED) is 0.271. The molecule has 0 bridgehead atoms. The van der Waals surface area contributed by atoms with Gasteiger partial charge < -0.3 is 34.5 Å². The van der Waals surface area contributed by atoms with Gasteiger partial charge in [-0.3, -0.25) is 4.99 Å². The fourth-order valence-corrected chi connectivity index (χ4v) is 3.58. The first kappa shape index (κ1) is 27.9. The predicted molar refractivity (Wildman–Crippen MR) is 136 cm³/mol. The number of methoxy groups -OCH3 is 3. The van der Waals surface area contributed by atoms with Crippen molar-refractivity contribution < 1.29 is 23.7 Å². The maximum absolute atomic E-state index is 11.9. The maximum Gasteiger partial charge on any atom is 0.409 e. The molecule has 0 aliphatic carbocycles. The highest BCUT2D eigenvalue weighted by Gasteiger charge is 2.24. The summed E-state index contributed by atoms with van der Waals surface area (Å²) in [5, 5.41) is 6.79. The van der Waals surface area contributed by atoms with Crippen LogP contribution in [0.4, 0.5) is 4.79 Å². The Morgan fingerprint density at radius 3 is 2.34 bits per heavy atom. The number of piperidine rings is 1. The lowest BCUT2D eigenvalue weighted by atomic mass is 10.1. The molecule has 182 valence electrons. The lowest BCUT2D eigenvalue weighted by molar-refractivity contribution is 0.0963. The van der Waals surface area contributed by atoms with Crippen LogP contribution in [0.25, 0.3) is 0 Å². The summed E-state index contributed by atoms with van der Waals surface area (Å²) in [7, 11) is 4.83. The number of nitrogens with one attached hydrogen (secondary N) is 2. The second-order valence-electron chi connectivity index (χ2n) is 7.11. The Kier molecular flexibility index (Phi) is 13.0. The van der Waals surface area contributed by atoms with Crippen molar-refractivity contribution in [1.29, 1.82) is 0 Å². The van der Waals surface area contributed by atoms with Crippen molar-refractivity contribution in [1.82, 2.24) is 15.5 Å². The van der Waals surface area contributed by atoms with Crippen LogP contribution in [-0.2, 0) is 11.2 Å². The van der Waals surface area contributed by atoms with Crippen molar-refractivity contribution in [2.24, 2.45) is 4.99 Å². The van der Waals surface area contributed by atoms with Crippen molar-refractivity contribution in [3.8, 4) is 17.2 Å². The SMILES string of the molecule is CCNC(=NCCc1ccc(OC)c(OC)c1OC)NC1CCN(C(=O)OCC)CC1.I. The standard InChI is InChI=1S/C22H36N4O5.HI/c1-6-23-21(25-17-11-14-26(15-12-17)22(27)31-7-2)24-13-10-16-8-9-18(28-3)20(30-5)19(16)29-4;/h8-9,17H,6-7,10-15H2,1-5H3,(H2,23,24,25);1H. The molecule has 0 unspecified atom stereocenters. The van der Waals surface area contributed by atoms with E-state index in [1.165, 1.54) is 0 Å². The Morgan fingerprint density at radius 2 is 1.78 bits per heavy atom. The normalized spacial score (nSPS) is 14.3. The number of carbonyl (C=O) groups is 1. The molecule has 1 amide bonds. The van der Waals surface area contributed by atoms with Crippen LogP contribution < -0.4 is 24.8 Å². The van der Waals surface area contributed by atoms with Crippen LogP contribution in [0.5, 0.6) is 17.2 Å². The minimum atomic E-state index is -0.231. The van der Waals surface area contributed by atoms with Gasteiger partial charge in [0.15, 0.2) is 17.5 Å². The zero-order valence-corrected chi connectivity index (χ0v) is 22.1. The summed E-state index contributed by atoms with van der Waals surface area (Å²) < 4.78 is 21.4. The van der Waals surface area contributed by atoms with E-state index >= 15 is 0 Å². The molecule has 1 aliphatic heterocycles. The topological polar surface area (TPSA) is 93.7 Å². The molecular weight excluding hydrogens is 527 g/mol. The first-order chi connectivity index (χ1) is 15.1. The molecule has 1 saturated heterocycles. The van der Waals surface area contributed by atoms with Crippen molar-refractivity contribution in [3.63, 3.8) is 0 Å². The number of benzene rings is 1. The van der Waals surface area contributed by atoms with Gasteiger partial charge in [0.05, 0.1) is 27.9 Å². The van der Waals surface area contributed by atoms with E-state index in [9.17, 15) is 4.79 Å². The van der Waals surface area contributed by atoms with Gasteiger partial charge in [0.1, 0.15) is 0 Å². The molecule has 0 radical (unpaired) electrons. The van der Waals surface area contributed by atoms with Crippen LogP contribution in [0, 0.1) is 0 Å². The van der Waals surface area contributed by atoms with Gasteiger partial charge >= 0.3 is 6.09 Å². The van der Waals surface area contributed by atoms with Crippen molar-refractivity contribution >= 4 is 36.0 Å². The lowest BCUT2D eigenvalue weighted by Gasteiger charge is -2.32. The Bertz CT molecular complexity index is 739. The molecule has 0 saturated carbocycles. The number of guanidine groups is 1. The second-order valence-corrected chi connectivity index (χ2v) is 7.11. The Labute approximate surface area is 208 Å². The highest BCUT2D eigenvalue weighted by Crippen LogP contribution is 2.39. The molecule has 1 fully saturated rings. The van der Waals surface area contributed by atoms with Crippen LogP contribution in [0.2, 0.25) is 0 Å². The first-order valence-corrected chi connectivity index (χ1v) is 10.8. The summed E-state index contributed by atoms with van der Waals surface area (Å²) in [6.45, 7) is 6.98. The van der Waals surface area contributed by atoms with Crippen LogP contribution in [0.1, 0.15) is 32.3 Å². The van der Waals surface area contributed by atoms with Crippen LogP contribution in [0.3, 0.4) is 0 Å².